The van der Waals surface area contributed by atoms with Crippen molar-refractivity contribution >= 4 is 57.8 Å². The van der Waals surface area contributed by atoms with Crippen LogP contribution < -0.4 is 9.79 Å². The van der Waals surface area contributed by atoms with Crippen LogP contribution >= 0.6 is 34.2 Å². The first-order valence-electron chi connectivity index (χ1n) is 8.87. The van der Waals surface area contributed by atoms with Gasteiger partial charge in [0.25, 0.3) is 0 Å². The smallest absolute Gasteiger partial charge is 0.793 e. The second kappa shape index (κ2) is 18.1. The molecule has 4 nitrogen and oxygen atoms in total. The van der Waals surface area contributed by atoms with E-state index in [-0.39, 0.29) is 19.5 Å². The Morgan fingerprint density at radius 2 is 0.926 bits per heavy atom. The molecule has 0 saturated heterocycles. The van der Waals surface area contributed by atoms with Gasteiger partial charge in [0.15, 0.2) is 0 Å². The Kier molecular flexibility index (Phi) is 22.8. The summed E-state index contributed by atoms with van der Waals surface area (Å²) in [5, 5.41) is 0. The van der Waals surface area contributed by atoms with Gasteiger partial charge in [-0.05, 0) is 23.7 Å². The van der Waals surface area contributed by atoms with Crippen molar-refractivity contribution in [3.05, 3.63) is 0 Å². The Hall–Kier alpha value is 2.46. The molecule has 0 aliphatic carbocycles. The molecule has 0 aromatic carbocycles. The minimum atomic E-state index is -2.80. The monoisotopic (exact) mass is 546 g/mol. The van der Waals surface area contributed by atoms with Gasteiger partial charge in [0.1, 0.15) is 0 Å². The minimum Gasteiger partial charge on any atom is -0.793 e. The maximum Gasteiger partial charge on any atom is 2.00 e. The summed E-state index contributed by atoms with van der Waals surface area (Å²) in [5.41, 5.74) is -5.60. The molecule has 0 radical (unpaired) electrons. The van der Waals surface area contributed by atoms with E-state index in [1.807, 2.05) is 27.7 Å². The summed E-state index contributed by atoms with van der Waals surface area (Å²) < 4.78 is 10.3. The number of hydrogen-bond donors (Lipinski definition) is 0. The molecule has 2 atom stereocenters. The quantitative estimate of drug-likeness (QED) is 0.242. The van der Waals surface area contributed by atoms with Gasteiger partial charge in [-0.2, -0.15) is 0 Å². The number of hydrogen-bond acceptors (Lipinski definition) is 8. The zero-order chi connectivity index (χ0) is 21.0. The van der Waals surface area contributed by atoms with Crippen molar-refractivity contribution in [1.82, 2.24) is 0 Å². The van der Waals surface area contributed by atoms with E-state index in [0.717, 1.165) is 11.5 Å². The van der Waals surface area contributed by atoms with Gasteiger partial charge in [-0.15, -0.1) is 22.8 Å². The molecule has 2 unspecified atom stereocenters. The Balaban J connectivity index is -0.000000411. The molecule has 0 aliphatic heterocycles. The molecule has 0 spiro atoms. The fourth-order valence-corrected chi connectivity index (χ4v) is 8.27. The third kappa shape index (κ3) is 28.5. The van der Waals surface area contributed by atoms with E-state index < -0.39 is 11.4 Å². The maximum absolute atomic E-state index is 11.6. The average molecular weight is 548 g/mol. The van der Waals surface area contributed by atoms with Crippen LogP contribution in [-0.2, 0) is 52.1 Å². The SMILES string of the molecule is CC(C)COP([O-])(=S)SCC(C)C.CC(C)COP([O-])(=S)SCC(C)C.[Zn+2]. The third-order valence-electron chi connectivity index (χ3n) is 2.26. The first kappa shape index (κ1) is 34.1. The van der Waals surface area contributed by atoms with Crippen molar-refractivity contribution < 1.29 is 38.3 Å². The largest absolute Gasteiger partial charge is 2.00 e. The molecule has 0 rings (SSSR count). The second-order valence-corrected chi connectivity index (χ2v) is 19.8. The van der Waals surface area contributed by atoms with Crippen LogP contribution in [0.1, 0.15) is 55.4 Å². The van der Waals surface area contributed by atoms with E-state index in [0.29, 0.717) is 36.9 Å². The summed E-state index contributed by atoms with van der Waals surface area (Å²) >= 11 is 12.3. The molecule has 0 saturated carbocycles. The van der Waals surface area contributed by atoms with Gasteiger partial charge in [0.05, 0.1) is 13.2 Å². The predicted molar refractivity (Wildman–Crippen MR) is 125 cm³/mol. The third-order valence-corrected chi connectivity index (χ3v) is 11.4. The molecular formula is C16H36O4P2S4Zn. The van der Waals surface area contributed by atoms with Gasteiger partial charge in [0, 0.05) is 22.9 Å². The van der Waals surface area contributed by atoms with Gasteiger partial charge in [-0.3, -0.25) is 0 Å². The zero-order valence-electron chi connectivity index (χ0n) is 18.0. The average Bonchev–Trinajstić information content (AvgIpc) is 2.48. The molecule has 0 aliphatic rings. The van der Waals surface area contributed by atoms with Crippen LogP contribution in [0.4, 0.5) is 0 Å². The Morgan fingerprint density at radius 1 is 0.667 bits per heavy atom. The van der Waals surface area contributed by atoms with E-state index in [9.17, 15) is 9.79 Å². The summed E-state index contributed by atoms with van der Waals surface area (Å²) in [6.45, 7) is 17.3. The van der Waals surface area contributed by atoms with Crippen molar-refractivity contribution in [3.8, 4) is 0 Å². The molecule has 0 heterocycles. The summed E-state index contributed by atoms with van der Waals surface area (Å²) in [4.78, 5) is 23.2. The van der Waals surface area contributed by atoms with Gasteiger partial charge >= 0.3 is 19.5 Å². The number of rotatable bonds is 12. The Morgan fingerprint density at radius 3 is 1.11 bits per heavy atom. The topological polar surface area (TPSA) is 64.6 Å². The fourth-order valence-electron chi connectivity index (χ4n) is 1.04. The van der Waals surface area contributed by atoms with Crippen molar-refractivity contribution in [3.63, 3.8) is 0 Å². The molecule has 0 amide bonds. The Labute approximate surface area is 198 Å². The van der Waals surface area contributed by atoms with Crippen molar-refractivity contribution in [1.29, 1.82) is 0 Å². The van der Waals surface area contributed by atoms with Gasteiger partial charge in [-0.1, -0.05) is 79.0 Å². The van der Waals surface area contributed by atoms with E-state index in [2.05, 4.69) is 27.7 Å². The molecule has 0 fully saturated rings. The first-order chi connectivity index (χ1) is 11.7. The molecule has 0 aromatic rings. The van der Waals surface area contributed by atoms with Gasteiger partial charge < -0.3 is 18.8 Å². The minimum absolute atomic E-state index is 0. The molecular weight excluding hydrogens is 512 g/mol. The van der Waals surface area contributed by atoms with E-state index in [4.69, 9.17) is 32.7 Å². The van der Waals surface area contributed by atoms with Crippen molar-refractivity contribution in [2.45, 2.75) is 55.4 Å². The molecule has 27 heavy (non-hydrogen) atoms. The first-order valence-corrected chi connectivity index (χ1v) is 17.3. The molecule has 11 heteroatoms. The predicted octanol–water partition coefficient (Wildman–Crippen LogP) is 5.26. The molecule has 0 aromatic heterocycles. The van der Waals surface area contributed by atoms with E-state index in [1.165, 1.54) is 22.8 Å². The van der Waals surface area contributed by atoms with Crippen LogP contribution in [0.25, 0.3) is 0 Å². The van der Waals surface area contributed by atoms with Gasteiger partial charge in [0.2, 0.25) is 0 Å². The van der Waals surface area contributed by atoms with Crippen LogP contribution in [-0.4, -0.2) is 24.7 Å². The van der Waals surface area contributed by atoms with Crippen LogP contribution in [0.15, 0.2) is 0 Å². The summed E-state index contributed by atoms with van der Waals surface area (Å²) in [7, 11) is 0. The zero-order valence-corrected chi connectivity index (χ0v) is 26.0. The fraction of sp³-hybridized carbons (Fsp3) is 1.00. The molecule has 160 valence electrons. The van der Waals surface area contributed by atoms with Crippen LogP contribution in [0.2, 0.25) is 0 Å². The van der Waals surface area contributed by atoms with Crippen molar-refractivity contribution in [2.24, 2.45) is 23.7 Å². The maximum atomic E-state index is 11.6. The van der Waals surface area contributed by atoms with Crippen LogP contribution in [0.3, 0.4) is 0 Å². The molecule has 0 bridgehead atoms. The van der Waals surface area contributed by atoms with E-state index >= 15 is 0 Å². The van der Waals surface area contributed by atoms with Gasteiger partial charge in [-0.25, -0.2) is 0 Å². The second-order valence-electron chi connectivity index (χ2n) is 7.65. The van der Waals surface area contributed by atoms with Crippen molar-refractivity contribution in [2.75, 3.05) is 24.7 Å². The standard InChI is InChI=1S/2C8H19O2PS2.Zn/c2*1-7(2)5-10-11(9,12)13-6-8(3)4;/h2*7-8H,5-6H2,1-4H3,(H,9,12);/q;;+2/p-2. The van der Waals surface area contributed by atoms with E-state index in [1.54, 1.807) is 0 Å². The summed E-state index contributed by atoms with van der Waals surface area (Å²) in [6.07, 6.45) is 0. The Bertz CT molecular complexity index is 380. The summed E-state index contributed by atoms with van der Waals surface area (Å²) in [6, 6.07) is 0. The summed E-state index contributed by atoms with van der Waals surface area (Å²) in [5.74, 6) is 3.39. The molecule has 0 N–H and O–H groups in total. The van der Waals surface area contributed by atoms with Crippen LogP contribution in [0, 0.1) is 23.7 Å². The normalized spacial score (nSPS) is 15.9. The van der Waals surface area contributed by atoms with Crippen LogP contribution in [0.5, 0.6) is 0 Å².